The minimum Gasteiger partial charge on any atom is -0.490 e. The van der Waals surface area contributed by atoms with E-state index in [1.54, 1.807) is 6.08 Å². The molecular weight excluding hydrogens is 286 g/mol. The molecule has 0 spiro atoms. The Morgan fingerprint density at radius 1 is 1.09 bits per heavy atom. The molecule has 1 aliphatic rings. The largest absolute Gasteiger partial charge is 0.490 e. The molecule has 3 heteroatoms. The first-order valence-electron chi connectivity index (χ1n) is 9.06. The normalized spacial score (nSPS) is 16.4. The molecule has 0 saturated heterocycles. The van der Waals surface area contributed by atoms with Crippen molar-refractivity contribution < 1.29 is 9.47 Å². The molecule has 2 rings (SSSR count). The first-order chi connectivity index (χ1) is 11.3. The highest BCUT2D eigenvalue weighted by atomic mass is 16.5. The van der Waals surface area contributed by atoms with Gasteiger partial charge in [-0.1, -0.05) is 50.8 Å². The Kier molecular flexibility index (Phi) is 8.02. The molecule has 0 radical (unpaired) electrons. The SMILES string of the molecule is C=CCOc1ccc(CNC2CCCCCCC2)cc1OCC. The Morgan fingerprint density at radius 3 is 2.52 bits per heavy atom. The zero-order chi connectivity index (χ0) is 16.3. The predicted octanol–water partition coefficient (Wildman–Crippen LogP) is 4.85. The van der Waals surface area contributed by atoms with E-state index in [2.05, 4.69) is 24.0 Å². The molecule has 1 aromatic carbocycles. The maximum absolute atomic E-state index is 5.72. The topological polar surface area (TPSA) is 30.5 Å². The molecule has 1 aliphatic carbocycles. The van der Waals surface area contributed by atoms with Crippen LogP contribution in [-0.2, 0) is 6.54 Å². The Hall–Kier alpha value is -1.48. The molecule has 0 bridgehead atoms. The van der Waals surface area contributed by atoms with Crippen molar-refractivity contribution in [1.82, 2.24) is 5.32 Å². The monoisotopic (exact) mass is 317 g/mol. The van der Waals surface area contributed by atoms with Crippen LogP contribution in [-0.4, -0.2) is 19.3 Å². The number of ether oxygens (including phenoxy) is 2. The first kappa shape index (κ1) is 17.9. The van der Waals surface area contributed by atoms with E-state index in [9.17, 15) is 0 Å². The van der Waals surface area contributed by atoms with Crippen LogP contribution >= 0.6 is 0 Å². The van der Waals surface area contributed by atoms with Crippen LogP contribution in [0.2, 0.25) is 0 Å². The highest BCUT2D eigenvalue weighted by molar-refractivity contribution is 5.43. The highest BCUT2D eigenvalue weighted by Gasteiger charge is 2.12. The van der Waals surface area contributed by atoms with Crippen molar-refractivity contribution in [1.29, 1.82) is 0 Å². The van der Waals surface area contributed by atoms with Gasteiger partial charge in [-0.25, -0.2) is 0 Å². The summed E-state index contributed by atoms with van der Waals surface area (Å²) >= 11 is 0. The third kappa shape index (κ3) is 6.26. The average Bonchev–Trinajstić information content (AvgIpc) is 2.53. The van der Waals surface area contributed by atoms with Gasteiger partial charge in [0.15, 0.2) is 11.5 Å². The van der Waals surface area contributed by atoms with Crippen LogP contribution in [0, 0.1) is 0 Å². The Bertz CT molecular complexity index is 465. The van der Waals surface area contributed by atoms with Crippen molar-refractivity contribution in [3.63, 3.8) is 0 Å². The molecular formula is C20H31NO2. The average molecular weight is 317 g/mol. The van der Waals surface area contributed by atoms with Crippen LogP contribution in [0.4, 0.5) is 0 Å². The molecule has 1 fully saturated rings. The van der Waals surface area contributed by atoms with Gasteiger partial charge in [-0.2, -0.15) is 0 Å². The second kappa shape index (κ2) is 10.3. The van der Waals surface area contributed by atoms with Crippen molar-refractivity contribution in [2.24, 2.45) is 0 Å². The van der Waals surface area contributed by atoms with E-state index in [1.807, 2.05) is 13.0 Å². The number of hydrogen-bond acceptors (Lipinski definition) is 3. The molecule has 1 saturated carbocycles. The van der Waals surface area contributed by atoms with Gasteiger partial charge in [0.25, 0.3) is 0 Å². The summed E-state index contributed by atoms with van der Waals surface area (Å²) in [5, 5.41) is 3.73. The molecule has 0 atom stereocenters. The fraction of sp³-hybridized carbons (Fsp3) is 0.600. The highest BCUT2D eigenvalue weighted by Crippen LogP contribution is 2.28. The maximum Gasteiger partial charge on any atom is 0.161 e. The quantitative estimate of drug-likeness (QED) is 0.695. The summed E-state index contributed by atoms with van der Waals surface area (Å²) in [6.07, 6.45) is 11.3. The predicted molar refractivity (Wildman–Crippen MR) is 96.2 cm³/mol. The fourth-order valence-electron chi connectivity index (χ4n) is 3.12. The summed E-state index contributed by atoms with van der Waals surface area (Å²) in [7, 11) is 0. The molecule has 0 amide bonds. The summed E-state index contributed by atoms with van der Waals surface area (Å²) < 4.78 is 11.4. The molecule has 0 unspecified atom stereocenters. The lowest BCUT2D eigenvalue weighted by atomic mass is 9.96. The lowest BCUT2D eigenvalue weighted by Gasteiger charge is -2.21. The molecule has 128 valence electrons. The molecule has 1 N–H and O–H groups in total. The van der Waals surface area contributed by atoms with E-state index in [0.717, 1.165) is 18.0 Å². The van der Waals surface area contributed by atoms with Crippen molar-refractivity contribution in [3.8, 4) is 11.5 Å². The minimum absolute atomic E-state index is 0.500. The zero-order valence-electron chi connectivity index (χ0n) is 14.5. The van der Waals surface area contributed by atoms with Crippen LogP contribution in [0.5, 0.6) is 11.5 Å². The summed E-state index contributed by atoms with van der Waals surface area (Å²) in [6, 6.07) is 6.88. The van der Waals surface area contributed by atoms with Crippen molar-refractivity contribution in [2.45, 2.75) is 64.5 Å². The van der Waals surface area contributed by atoms with E-state index in [-0.39, 0.29) is 0 Å². The van der Waals surface area contributed by atoms with E-state index in [1.165, 1.54) is 50.5 Å². The minimum atomic E-state index is 0.500. The van der Waals surface area contributed by atoms with Gasteiger partial charge >= 0.3 is 0 Å². The third-order valence-corrected chi connectivity index (χ3v) is 4.36. The Labute approximate surface area is 141 Å². The van der Waals surface area contributed by atoms with E-state index < -0.39 is 0 Å². The Balaban J connectivity index is 1.92. The first-order valence-corrected chi connectivity index (χ1v) is 9.06. The van der Waals surface area contributed by atoms with Gasteiger partial charge < -0.3 is 14.8 Å². The molecule has 0 aromatic heterocycles. The maximum atomic E-state index is 5.72. The number of hydrogen-bond donors (Lipinski definition) is 1. The molecule has 0 aliphatic heterocycles. The number of rotatable bonds is 8. The van der Waals surface area contributed by atoms with Gasteiger partial charge in [0.05, 0.1) is 6.61 Å². The van der Waals surface area contributed by atoms with Gasteiger partial charge in [-0.3, -0.25) is 0 Å². The van der Waals surface area contributed by atoms with Gasteiger partial charge in [0.1, 0.15) is 6.61 Å². The third-order valence-electron chi connectivity index (χ3n) is 4.36. The smallest absolute Gasteiger partial charge is 0.161 e. The Morgan fingerprint density at radius 2 is 1.83 bits per heavy atom. The van der Waals surface area contributed by atoms with Crippen LogP contribution in [0.15, 0.2) is 30.9 Å². The summed E-state index contributed by atoms with van der Waals surface area (Å²) in [4.78, 5) is 0. The zero-order valence-corrected chi connectivity index (χ0v) is 14.5. The van der Waals surface area contributed by atoms with Gasteiger partial charge in [-0.15, -0.1) is 0 Å². The molecule has 23 heavy (non-hydrogen) atoms. The number of benzene rings is 1. The summed E-state index contributed by atoms with van der Waals surface area (Å²) in [5.41, 5.74) is 1.25. The molecule has 1 aromatic rings. The molecule has 0 heterocycles. The van der Waals surface area contributed by atoms with Crippen molar-refractivity contribution in [2.75, 3.05) is 13.2 Å². The van der Waals surface area contributed by atoms with Gasteiger partial charge in [0, 0.05) is 12.6 Å². The number of nitrogens with one attached hydrogen (secondary N) is 1. The van der Waals surface area contributed by atoms with Crippen molar-refractivity contribution >= 4 is 0 Å². The van der Waals surface area contributed by atoms with Crippen LogP contribution in [0.1, 0.15) is 57.4 Å². The lowest BCUT2D eigenvalue weighted by Crippen LogP contribution is -2.29. The van der Waals surface area contributed by atoms with Crippen LogP contribution in [0.25, 0.3) is 0 Å². The summed E-state index contributed by atoms with van der Waals surface area (Å²) in [5.74, 6) is 1.62. The second-order valence-electron chi connectivity index (χ2n) is 6.24. The summed E-state index contributed by atoms with van der Waals surface area (Å²) in [6.45, 7) is 7.72. The fourth-order valence-corrected chi connectivity index (χ4v) is 3.12. The molecule has 3 nitrogen and oxygen atoms in total. The van der Waals surface area contributed by atoms with E-state index >= 15 is 0 Å². The van der Waals surface area contributed by atoms with Gasteiger partial charge in [-0.05, 0) is 37.5 Å². The van der Waals surface area contributed by atoms with E-state index in [0.29, 0.717) is 19.3 Å². The lowest BCUT2D eigenvalue weighted by molar-refractivity contribution is 0.296. The second-order valence-corrected chi connectivity index (χ2v) is 6.24. The van der Waals surface area contributed by atoms with Crippen LogP contribution in [0.3, 0.4) is 0 Å². The van der Waals surface area contributed by atoms with Crippen LogP contribution < -0.4 is 14.8 Å². The van der Waals surface area contributed by atoms with Gasteiger partial charge in [0.2, 0.25) is 0 Å². The standard InChI is InChI=1S/C20H31NO2/c1-3-14-23-19-13-12-17(15-20(19)22-4-2)16-21-18-10-8-6-5-7-9-11-18/h3,12-13,15,18,21H,1,4-11,14,16H2,2H3. The van der Waals surface area contributed by atoms with E-state index in [4.69, 9.17) is 9.47 Å². The van der Waals surface area contributed by atoms with Crippen molar-refractivity contribution in [3.05, 3.63) is 36.4 Å².